The lowest BCUT2D eigenvalue weighted by Crippen LogP contribution is -2.49. The number of nitrogens with zero attached hydrogens (tertiary/aromatic N) is 1. The van der Waals surface area contributed by atoms with Gasteiger partial charge in [-0.25, -0.2) is 0 Å². The average molecular weight is 271 g/mol. The van der Waals surface area contributed by atoms with Crippen LogP contribution in [0.25, 0.3) is 0 Å². The summed E-state index contributed by atoms with van der Waals surface area (Å²) in [5, 5.41) is 9.95. The molecule has 3 aliphatic heterocycles. The Morgan fingerprint density at radius 3 is 3.00 bits per heavy atom. The molecule has 5 rings (SSSR count). The van der Waals surface area contributed by atoms with Gasteiger partial charge < -0.3 is 14.6 Å². The van der Waals surface area contributed by atoms with Crippen molar-refractivity contribution >= 4 is 0 Å². The van der Waals surface area contributed by atoms with Crippen molar-refractivity contribution in [2.24, 2.45) is 0 Å². The Bertz CT molecular complexity index is 626. The van der Waals surface area contributed by atoms with Crippen LogP contribution in [0, 0.1) is 0 Å². The summed E-state index contributed by atoms with van der Waals surface area (Å²) < 4.78 is 11.1. The fourth-order valence-corrected chi connectivity index (χ4v) is 4.48. The van der Waals surface area contributed by atoms with Gasteiger partial charge in [0.1, 0.15) is 0 Å². The van der Waals surface area contributed by atoms with E-state index in [0.717, 1.165) is 37.4 Å². The Hall–Kier alpha value is -1.52. The first-order chi connectivity index (χ1) is 9.76. The van der Waals surface area contributed by atoms with E-state index >= 15 is 0 Å². The molecule has 1 aromatic carbocycles. The third-order valence-corrected chi connectivity index (χ3v) is 5.40. The van der Waals surface area contributed by atoms with Gasteiger partial charge >= 0.3 is 0 Å². The normalized spacial score (nSPS) is 39.5. The summed E-state index contributed by atoms with van der Waals surface area (Å²) in [6.07, 6.45) is 5.88. The predicted octanol–water partition coefficient (Wildman–Crippen LogP) is 1.56. The lowest BCUT2D eigenvalue weighted by molar-refractivity contribution is 0.110. The Morgan fingerprint density at radius 1 is 1.25 bits per heavy atom. The maximum absolute atomic E-state index is 9.95. The number of hydrogen-bond acceptors (Lipinski definition) is 4. The van der Waals surface area contributed by atoms with E-state index in [1.165, 1.54) is 11.1 Å². The quantitative estimate of drug-likeness (QED) is 0.727. The molecular formula is C16H17NO3. The average Bonchev–Trinajstić information content (AvgIpc) is 3.00. The lowest BCUT2D eigenvalue weighted by Gasteiger charge is -2.45. The molecule has 0 amide bonds. The first kappa shape index (κ1) is 11.2. The van der Waals surface area contributed by atoms with E-state index in [1.807, 2.05) is 6.08 Å². The molecule has 1 aromatic rings. The van der Waals surface area contributed by atoms with Crippen molar-refractivity contribution in [1.29, 1.82) is 0 Å². The van der Waals surface area contributed by atoms with Gasteiger partial charge in [-0.05, 0) is 36.1 Å². The molecule has 20 heavy (non-hydrogen) atoms. The minimum absolute atomic E-state index is 0.0633. The van der Waals surface area contributed by atoms with Gasteiger partial charge in [0.15, 0.2) is 11.5 Å². The van der Waals surface area contributed by atoms with Gasteiger partial charge in [-0.15, -0.1) is 0 Å². The van der Waals surface area contributed by atoms with Crippen LogP contribution in [-0.2, 0) is 12.0 Å². The standard InChI is InChI=1S/C16H17NO3/c18-11-1-2-16-3-4-17(15(16)6-11)8-10-5-13-14(7-12(10)16)20-9-19-13/h1-2,5,7,11,15,18H,3-4,6,8-9H2/t11-,15?,16+/m0/s1. The van der Waals surface area contributed by atoms with Crippen molar-refractivity contribution in [3.63, 3.8) is 0 Å². The van der Waals surface area contributed by atoms with Crippen molar-refractivity contribution < 1.29 is 14.6 Å². The van der Waals surface area contributed by atoms with E-state index in [2.05, 4.69) is 23.1 Å². The SMILES string of the molecule is O[C@H]1C=C[C@@]23CCN(Cc4cc5c(cc42)OCO5)C3C1. The summed E-state index contributed by atoms with van der Waals surface area (Å²) >= 11 is 0. The molecule has 4 heteroatoms. The van der Waals surface area contributed by atoms with Gasteiger partial charge in [0.25, 0.3) is 0 Å². The van der Waals surface area contributed by atoms with Crippen molar-refractivity contribution in [2.75, 3.05) is 13.3 Å². The van der Waals surface area contributed by atoms with Crippen LogP contribution in [0.15, 0.2) is 24.3 Å². The summed E-state index contributed by atoms with van der Waals surface area (Å²) in [4.78, 5) is 2.51. The van der Waals surface area contributed by atoms with Crippen LogP contribution in [0.5, 0.6) is 11.5 Å². The molecule has 104 valence electrons. The smallest absolute Gasteiger partial charge is 0.231 e. The Labute approximate surface area is 117 Å². The Kier molecular flexibility index (Phi) is 1.99. The molecular weight excluding hydrogens is 254 g/mol. The molecule has 0 radical (unpaired) electrons. The predicted molar refractivity (Wildman–Crippen MR) is 72.8 cm³/mol. The van der Waals surface area contributed by atoms with Gasteiger partial charge in [0.2, 0.25) is 6.79 Å². The zero-order valence-corrected chi connectivity index (χ0v) is 11.2. The highest BCUT2D eigenvalue weighted by Crippen LogP contribution is 2.53. The van der Waals surface area contributed by atoms with Crippen molar-refractivity contribution in [2.45, 2.75) is 36.9 Å². The molecule has 0 aromatic heterocycles. The van der Waals surface area contributed by atoms with Gasteiger partial charge in [-0.1, -0.05) is 12.2 Å². The summed E-state index contributed by atoms with van der Waals surface area (Å²) in [6.45, 7) is 2.38. The lowest BCUT2D eigenvalue weighted by atomic mass is 9.66. The fraction of sp³-hybridized carbons (Fsp3) is 0.500. The highest BCUT2D eigenvalue weighted by atomic mass is 16.7. The fourth-order valence-electron chi connectivity index (χ4n) is 4.48. The monoisotopic (exact) mass is 271 g/mol. The molecule has 2 unspecified atom stereocenters. The molecule has 4 nitrogen and oxygen atoms in total. The third-order valence-electron chi connectivity index (χ3n) is 5.40. The Balaban J connectivity index is 1.74. The molecule has 1 fully saturated rings. The zero-order valence-electron chi connectivity index (χ0n) is 11.2. The minimum atomic E-state index is -0.302. The molecule has 0 spiro atoms. The van der Waals surface area contributed by atoms with Gasteiger partial charge in [0.05, 0.1) is 6.10 Å². The number of ether oxygens (including phenoxy) is 2. The number of aliphatic hydroxyl groups excluding tert-OH is 1. The minimum Gasteiger partial charge on any atom is -0.454 e. The van der Waals surface area contributed by atoms with E-state index in [0.29, 0.717) is 12.8 Å². The number of rotatable bonds is 0. The molecule has 0 saturated carbocycles. The first-order valence-electron chi connectivity index (χ1n) is 7.31. The second-order valence-corrected chi connectivity index (χ2v) is 6.30. The number of aliphatic hydroxyl groups is 1. The van der Waals surface area contributed by atoms with E-state index in [-0.39, 0.29) is 11.5 Å². The molecule has 3 heterocycles. The second kappa shape index (κ2) is 3.57. The van der Waals surface area contributed by atoms with E-state index in [1.54, 1.807) is 0 Å². The Morgan fingerprint density at radius 2 is 2.10 bits per heavy atom. The van der Waals surface area contributed by atoms with Crippen LogP contribution in [-0.4, -0.2) is 35.5 Å². The van der Waals surface area contributed by atoms with Crippen LogP contribution in [0.1, 0.15) is 24.0 Å². The summed E-state index contributed by atoms with van der Waals surface area (Å²) in [5.74, 6) is 1.75. The van der Waals surface area contributed by atoms with Crippen molar-refractivity contribution in [3.05, 3.63) is 35.4 Å². The molecule has 4 atom stereocenters. The maximum Gasteiger partial charge on any atom is 0.231 e. The number of benzene rings is 1. The summed E-state index contributed by atoms with van der Waals surface area (Å²) in [5.41, 5.74) is 2.79. The van der Waals surface area contributed by atoms with Crippen molar-refractivity contribution in [1.82, 2.24) is 4.90 Å². The third kappa shape index (κ3) is 1.24. The summed E-state index contributed by atoms with van der Waals surface area (Å²) in [6, 6.07) is 4.75. The molecule has 2 bridgehead atoms. The van der Waals surface area contributed by atoms with Crippen molar-refractivity contribution in [3.8, 4) is 11.5 Å². The zero-order chi connectivity index (χ0) is 13.3. The van der Waals surface area contributed by atoms with Crippen LogP contribution in [0.3, 0.4) is 0 Å². The first-order valence-corrected chi connectivity index (χ1v) is 7.31. The van der Waals surface area contributed by atoms with Gasteiger partial charge in [-0.3, -0.25) is 4.90 Å². The van der Waals surface area contributed by atoms with Gasteiger partial charge in [0, 0.05) is 24.5 Å². The van der Waals surface area contributed by atoms with Crippen LogP contribution < -0.4 is 9.47 Å². The van der Waals surface area contributed by atoms with Crippen LogP contribution in [0.2, 0.25) is 0 Å². The van der Waals surface area contributed by atoms with E-state index < -0.39 is 0 Å². The van der Waals surface area contributed by atoms with E-state index in [9.17, 15) is 5.11 Å². The molecule has 1 N–H and O–H groups in total. The molecule has 4 aliphatic rings. The van der Waals surface area contributed by atoms with Gasteiger partial charge in [-0.2, -0.15) is 0 Å². The van der Waals surface area contributed by atoms with E-state index in [4.69, 9.17) is 9.47 Å². The second-order valence-electron chi connectivity index (χ2n) is 6.30. The topological polar surface area (TPSA) is 41.9 Å². The largest absolute Gasteiger partial charge is 0.454 e. The molecule has 1 aliphatic carbocycles. The highest BCUT2D eigenvalue weighted by Gasteiger charge is 2.53. The maximum atomic E-state index is 9.95. The number of hydrogen-bond donors (Lipinski definition) is 1. The van der Waals surface area contributed by atoms with Crippen LogP contribution in [0.4, 0.5) is 0 Å². The molecule has 1 saturated heterocycles. The highest BCUT2D eigenvalue weighted by molar-refractivity contribution is 5.55. The summed E-state index contributed by atoms with van der Waals surface area (Å²) in [7, 11) is 0. The van der Waals surface area contributed by atoms with Crippen LogP contribution >= 0.6 is 0 Å². The number of fused-ring (bicyclic) bond motifs is 2.